The highest BCUT2D eigenvalue weighted by Gasteiger charge is 2.55. The number of nitrogens with one attached hydrogen (secondary N) is 2. The van der Waals surface area contributed by atoms with Crippen LogP contribution in [-0.4, -0.2) is 68.3 Å². The minimum absolute atomic E-state index is 0.310. The molecule has 11 nitrogen and oxygen atoms in total. The van der Waals surface area contributed by atoms with Crippen LogP contribution in [0.1, 0.15) is 40.5 Å². The van der Waals surface area contributed by atoms with E-state index in [1.165, 1.54) is 11.3 Å². The fraction of sp³-hybridized carbons (Fsp3) is 0.500. The molecule has 0 amide bonds. The van der Waals surface area contributed by atoms with Crippen LogP contribution in [0.5, 0.6) is 16.7 Å². The Balaban J connectivity index is 1.21. The summed E-state index contributed by atoms with van der Waals surface area (Å²) in [4.78, 5) is 4.92. The van der Waals surface area contributed by atoms with Crippen molar-refractivity contribution in [1.82, 2.24) is 24.6 Å². The number of furan rings is 1. The topological polar surface area (TPSA) is 127 Å². The summed E-state index contributed by atoms with van der Waals surface area (Å²) in [5.41, 5.74) is 1.80. The first-order valence-corrected chi connectivity index (χ1v) is 16.4. The smallest absolute Gasteiger partial charge is 0.294 e. The van der Waals surface area contributed by atoms with Crippen LogP contribution in [0, 0.1) is 0 Å². The Labute approximate surface area is 255 Å². The second-order valence-corrected chi connectivity index (χ2v) is 15.6. The maximum atomic E-state index is 13.2. The normalized spacial score (nSPS) is 21.4. The molecule has 6 rings (SSSR count). The van der Waals surface area contributed by atoms with Crippen LogP contribution in [0.15, 0.2) is 39.9 Å². The molecule has 226 valence electrons. The van der Waals surface area contributed by atoms with Crippen molar-refractivity contribution >= 4 is 50.4 Å². The molecule has 3 aromatic heterocycles. The fourth-order valence-electron chi connectivity index (χ4n) is 5.07. The van der Waals surface area contributed by atoms with E-state index in [1.54, 1.807) is 30.5 Å². The van der Waals surface area contributed by atoms with Gasteiger partial charge in [-0.25, -0.2) is 9.50 Å². The van der Waals surface area contributed by atoms with Gasteiger partial charge in [0.1, 0.15) is 44.5 Å². The number of thioether (sulfide) groups is 1. The number of benzene rings is 1. The monoisotopic (exact) mass is 633 g/mol. The number of aromatic nitrogens is 3. The lowest BCUT2D eigenvalue weighted by molar-refractivity contribution is 0.0293. The van der Waals surface area contributed by atoms with Gasteiger partial charge in [-0.15, -0.1) is 21.6 Å². The quantitative estimate of drug-likeness (QED) is 0.239. The molecule has 0 bridgehead atoms. The van der Waals surface area contributed by atoms with Gasteiger partial charge >= 0.3 is 0 Å². The first kappa shape index (κ1) is 29.5. The standard InChI is InChI=1S/C28H35N5O6S3/c1-26(2,3)42(34)32-28(7-9-37-10-8-28)27(4)30-17(16-40-27)15-38-21-11-18(35-5)12-22-19(21)13-23(39-22)20-14-33-24(29-20)41-25(31-33)36-6/h11-14,16,30,32H,7-10,15H2,1-6H3/t27?,42-/m1/s1. The van der Waals surface area contributed by atoms with Crippen LogP contribution >= 0.6 is 23.1 Å². The van der Waals surface area contributed by atoms with Crippen molar-refractivity contribution in [2.45, 2.75) is 55.7 Å². The van der Waals surface area contributed by atoms with Crippen molar-refractivity contribution in [1.29, 1.82) is 0 Å². The first-order valence-electron chi connectivity index (χ1n) is 13.6. The van der Waals surface area contributed by atoms with Gasteiger partial charge in [0.2, 0.25) is 4.96 Å². The average molecular weight is 634 g/mol. The highest BCUT2D eigenvalue weighted by molar-refractivity contribution is 8.03. The van der Waals surface area contributed by atoms with Crippen LogP contribution < -0.4 is 24.2 Å². The Morgan fingerprint density at radius 2 is 1.98 bits per heavy atom. The number of hydrogen-bond acceptors (Lipinski definition) is 12. The van der Waals surface area contributed by atoms with E-state index < -0.39 is 21.8 Å². The van der Waals surface area contributed by atoms with Crippen LogP contribution in [0.25, 0.3) is 27.4 Å². The van der Waals surface area contributed by atoms with E-state index in [1.807, 2.05) is 45.2 Å². The van der Waals surface area contributed by atoms with E-state index in [-0.39, 0.29) is 4.75 Å². The average Bonchev–Trinajstić information content (AvgIpc) is 3.73. The highest BCUT2D eigenvalue weighted by atomic mass is 32.2. The molecule has 2 aliphatic heterocycles. The molecule has 42 heavy (non-hydrogen) atoms. The van der Waals surface area contributed by atoms with E-state index in [4.69, 9.17) is 23.4 Å². The van der Waals surface area contributed by atoms with Crippen molar-refractivity contribution < 1.29 is 27.9 Å². The third-order valence-corrected chi connectivity index (χ3v) is 11.5. The molecule has 2 atom stereocenters. The molecule has 14 heteroatoms. The van der Waals surface area contributed by atoms with Crippen molar-refractivity contribution in [3.63, 3.8) is 0 Å². The largest absolute Gasteiger partial charge is 0.598 e. The molecule has 0 radical (unpaired) electrons. The van der Waals surface area contributed by atoms with E-state index in [2.05, 4.69) is 32.5 Å². The van der Waals surface area contributed by atoms with E-state index in [0.717, 1.165) is 23.9 Å². The second-order valence-electron chi connectivity index (χ2n) is 11.5. The highest BCUT2D eigenvalue weighted by Crippen LogP contribution is 2.46. The number of imidazole rings is 1. The van der Waals surface area contributed by atoms with Crippen molar-refractivity contribution in [3.05, 3.63) is 35.5 Å². The summed E-state index contributed by atoms with van der Waals surface area (Å²) in [5.74, 6) is 1.85. The molecule has 0 aliphatic carbocycles. The Morgan fingerprint density at radius 3 is 2.67 bits per heavy atom. The molecule has 1 unspecified atom stereocenters. The van der Waals surface area contributed by atoms with Crippen molar-refractivity contribution in [2.24, 2.45) is 0 Å². The summed E-state index contributed by atoms with van der Waals surface area (Å²) < 4.78 is 47.0. The number of fused-ring (bicyclic) bond motifs is 2. The molecular formula is C28H35N5O6S3. The summed E-state index contributed by atoms with van der Waals surface area (Å²) in [5, 5.41) is 11.5. The lowest BCUT2D eigenvalue weighted by Crippen LogP contribution is -2.69. The van der Waals surface area contributed by atoms with E-state index in [9.17, 15) is 4.55 Å². The predicted octanol–water partition coefficient (Wildman–Crippen LogP) is 5.10. The maximum absolute atomic E-state index is 13.2. The Kier molecular flexibility index (Phi) is 7.81. The van der Waals surface area contributed by atoms with Gasteiger partial charge in [0.15, 0.2) is 5.76 Å². The predicted molar refractivity (Wildman–Crippen MR) is 166 cm³/mol. The van der Waals surface area contributed by atoms with Gasteiger partial charge in [-0.3, -0.25) is 0 Å². The zero-order valence-corrected chi connectivity index (χ0v) is 26.9. The van der Waals surface area contributed by atoms with Gasteiger partial charge in [0, 0.05) is 36.7 Å². The molecule has 2 N–H and O–H groups in total. The fourth-order valence-corrected chi connectivity index (χ4v) is 8.08. The van der Waals surface area contributed by atoms with Gasteiger partial charge in [-0.1, -0.05) is 0 Å². The molecule has 0 spiro atoms. The minimum atomic E-state index is -1.23. The maximum Gasteiger partial charge on any atom is 0.294 e. The number of hydrogen-bond donors (Lipinski definition) is 2. The molecular weight excluding hydrogens is 599 g/mol. The number of ether oxygens (including phenoxy) is 4. The first-order chi connectivity index (χ1) is 20.0. The molecule has 0 saturated carbocycles. The van der Waals surface area contributed by atoms with Gasteiger partial charge < -0.3 is 33.2 Å². The zero-order chi connectivity index (χ0) is 29.7. The minimum Gasteiger partial charge on any atom is -0.598 e. The third kappa shape index (κ3) is 5.44. The number of nitrogens with zero attached hydrogens (tertiary/aromatic N) is 3. The summed E-state index contributed by atoms with van der Waals surface area (Å²) >= 11 is 1.81. The molecule has 4 aromatic rings. The molecule has 1 saturated heterocycles. The molecule has 5 heterocycles. The molecule has 1 aromatic carbocycles. The summed E-state index contributed by atoms with van der Waals surface area (Å²) in [7, 11) is 3.20. The number of methoxy groups -OCH3 is 2. The van der Waals surface area contributed by atoms with Gasteiger partial charge in [0.05, 0.1) is 31.5 Å². The van der Waals surface area contributed by atoms with Crippen molar-refractivity contribution in [2.75, 3.05) is 34.0 Å². The zero-order valence-electron chi connectivity index (χ0n) is 24.4. The summed E-state index contributed by atoms with van der Waals surface area (Å²) in [6.45, 7) is 9.64. The lowest BCUT2D eigenvalue weighted by Gasteiger charge is -2.49. The lowest BCUT2D eigenvalue weighted by atomic mass is 9.83. The van der Waals surface area contributed by atoms with Gasteiger partial charge in [-0.05, 0) is 63.3 Å². The van der Waals surface area contributed by atoms with Crippen LogP contribution in [0.4, 0.5) is 0 Å². The van der Waals surface area contributed by atoms with Crippen LogP contribution in [0.2, 0.25) is 0 Å². The van der Waals surface area contributed by atoms with E-state index >= 15 is 0 Å². The summed E-state index contributed by atoms with van der Waals surface area (Å²) in [6, 6.07) is 5.61. The third-order valence-electron chi connectivity index (χ3n) is 7.58. The van der Waals surface area contributed by atoms with Gasteiger partial charge in [-0.2, -0.15) is 0 Å². The second kappa shape index (κ2) is 11.1. The van der Waals surface area contributed by atoms with Crippen LogP contribution in [0.3, 0.4) is 0 Å². The molecule has 2 aliphatic rings. The Bertz CT molecular complexity index is 1590. The van der Waals surface area contributed by atoms with E-state index in [0.29, 0.717) is 58.5 Å². The Hall–Kier alpha value is -2.62. The van der Waals surface area contributed by atoms with Crippen LogP contribution in [-0.2, 0) is 16.1 Å². The van der Waals surface area contributed by atoms with Crippen molar-refractivity contribution in [3.8, 4) is 28.1 Å². The Morgan fingerprint density at radius 1 is 1.19 bits per heavy atom. The SMILES string of the molecule is COc1cc(OCC2=CSC(C)(C3(N[S@+]([O-])C(C)(C)C)CCOCC3)N2)c2cc(-c3cn4nc(OC)sc4n3)oc2c1. The number of rotatable bonds is 9. The van der Waals surface area contributed by atoms with Gasteiger partial charge in [0.25, 0.3) is 5.19 Å². The summed E-state index contributed by atoms with van der Waals surface area (Å²) in [6.07, 6.45) is 3.30. The molecule has 1 fully saturated rings.